The third-order valence-corrected chi connectivity index (χ3v) is 4.15. The van der Waals surface area contributed by atoms with Crippen LogP contribution in [0.2, 0.25) is 0 Å². The van der Waals surface area contributed by atoms with Crippen molar-refractivity contribution >= 4 is 17.5 Å². The molecule has 3 unspecified atom stereocenters. The summed E-state index contributed by atoms with van der Waals surface area (Å²) in [6.45, 7) is 2.93. The first-order chi connectivity index (χ1) is 7.24. The number of halogens is 1. The van der Waals surface area contributed by atoms with E-state index in [1.165, 1.54) is 19.3 Å². The molecule has 2 rings (SSSR count). The second-order valence-electron chi connectivity index (χ2n) is 5.11. The highest BCUT2D eigenvalue weighted by Crippen LogP contribution is 2.57. The van der Waals surface area contributed by atoms with Crippen molar-refractivity contribution in [3.63, 3.8) is 0 Å². The Kier molecular flexibility index (Phi) is 3.55. The molecule has 2 aliphatic carbocycles. The van der Waals surface area contributed by atoms with E-state index < -0.39 is 0 Å². The Labute approximate surface area is 96.8 Å². The topological polar surface area (TPSA) is 29.1 Å². The average Bonchev–Trinajstić information content (AvgIpc) is 2.69. The molecule has 0 aromatic heterocycles. The van der Waals surface area contributed by atoms with Crippen molar-refractivity contribution in [3.05, 3.63) is 0 Å². The van der Waals surface area contributed by atoms with Gasteiger partial charge in [0.25, 0.3) is 0 Å². The second-order valence-corrected chi connectivity index (χ2v) is 5.49. The minimum atomic E-state index is 0.297. The van der Waals surface area contributed by atoms with Crippen molar-refractivity contribution in [1.82, 2.24) is 5.32 Å². The zero-order valence-electron chi connectivity index (χ0n) is 9.34. The number of rotatable bonds is 5. The normalized spacial score (nSPS) is 34.7. The number of hydrogen-bond acceptors (Lipinski definition) is 1. The van der Waals surface area contributed by atoms with E-state index in [-0.39, 0.29) is 0 Å². The van der Waals surface area contributed by atoms with Crippen LogP contribution in [0.15, 0.2) is 0 Å². The smallest absolute Gasteiger partial charge is 0.223 e. The molecule has 0 bridgehead atoms. The fourth-order valence-electron chi connectivity index (χ4n) is 2.89. The number of carbonyl (C=O) groups excluding carboxylic acids is 1. The van der Waals surface area contributed by atoms with Crippen LogP contribution < -0.4 is 5.32 Å². The average molecular weight is 230 g/mol. The summed E-state index contributed by atoms with van der Waals surface area (Å²) in [5, 5.41) is 3.06. The van der Waals surface area contributed by atoms with Crippen LogP contribution in [-0.4, -0.2) is 18.3 Å². The van der Waals surface area contributed by atoms with Gasteiger partial charge < -0.3 is 5.32 Å². The van der Waals surface area contributed by atoms with Crippen LogP contribution in [-0.2, 0) is 4.79 Å². The number of alkyl halides is 1. The van der Waals surface area contributed by atoms with E-state index in [2.05, 4.69) is 12.2 Å². The molecule has 2 nitrogen and oxygen atoms in total. The standard InChI is InChI=1S/C12H20ClNO/c1-8(5-6-13)7-14-12(15)11-9-3-2-4-10(9)11/h8-11H,2-7H2,1H3,(H,14,15). The van der Waals surface area contributed by atoms with Gasteiger partial charge in [0, 0.05) is 18.3 Å². The summed E-state index contributed by atoms with van der Waals surface area (Å²) in [4.78, 5) is 11.8. The van der Waals surface area contributed by atoms with Crippen LogP contribution in [0.25, 0.3) is 0 Å². The lowest BCUT2D eigenvalue weighted by molar-refractivity contribution is -0.123. The molecule has 3 atom stereocenters. The molecular weight excluding hydrogens is 210 g/mol. The molecule has 1 amide bonds. The van der Waals surface area contributed by atoms with Crippen LogP contribution in [0.5, 0.6) is 0 Å². The molecule has 0 radical (unpaired) electrons. The maximum absolute atomic E-state index is 11.8. The molecule has 2 aliphatic rings. The molecule has 0 spiro atoms. The van der Waals surface area contributed by atoms with Gasteiger partial charge in [-0.3, -0.25) is 4.79 Å². The summed E-state index contributed by atoms with van der Waals surface area (Å²) in [7, 11) is 0. The number of fused-ring (bicyclic) bond motifs is 1. The van der Waals surface area contributed by atoms with E-state index in [4.69, 9.17) is 11.6 Å². The third-order valence-electron chi connectivity index (χ3n) is 3.94. The summed E-state index contributed by atoms with van der Waals surface area (Å²) < 4.78 is 0. The molecule has 0 aromatic carbocycles. The van der Waals surface area contributed by atoms with Crippen molar-refractivity contribution in [1.29, 1.82) is 0 Å². The van der Waals surface area contributed by atoms with Crippen LogP contribution in [0.1, 0.15) is 32.6 Å². The van der Waals surface area contributed by atoms with Crippen LogP contribution >= 0.6 is 11.6 Å². The number of carbonyl (C=O) groups is 1. The van der Waals surface area contributed by atoms with Gasteiger partial charge in [-0.15, -0.1) is 11.6 Å². The Morgan fingerprint density at radius 1 is 1.47 bits per heavy atom. The first kappa shape index (κ1) is 11.3. The maximum atomic E-state index is 11.8. The molecule has 2 saturated carbocycles. The quantitative estimate of drug-likeness (QED) is 0.721. The van der Waals surface area contributed by atoms with Gasteiger partial charge in [0.15, 0.2) is 0 Å². The molecule has 3 heteroatoms. The third kappa shape index (κ3) is 2.47. The molecule has 0 aliphatic heterocycles. The Morgan fingerprint density at radius 2 is 2.13 bits per heavy atom. The van der Waals surface area contributed by atoms with Crippen LogP contribution in [0.3, 0.4) is 0 Å². The zero-order valence-corrected chi connectivity index (χ0v) is 10.1. The van der Waals surface area contributed by atoms with Crippen molar-refractivity contribution in [2.75, 3.05) is 12.4 Å². The van der Waals surface area contributed by atoms with Crippen molar-refractivity contribution in [2.45, 2.75) is 32.6 Å². The molecule has 0 aromatic rings. The molecule has 86 valence electrons. The van der Waals surface area contributed by atoms with E-state index in [0.717, 1.165) is 24.8 Å². The SMILES string of the molecule is CC(CCCl)CNC(=O)C1C2CCCC21. The van der Waals surface area contributed by atoms with E-state index in [9.17, 15) is 4.79 Å². The molecule has 1 N–H and O–H groups in total. The van der Waals surface area contributed by atoms with Gasteiger partial charge in [-0.2, -0.15) is 0 Å². The summed E-state index contributed by atoms with van der Waals surface area (Å²) in [6.07, 6.45) is 4.88. The maximum Gasteiger partial charge on any atom is 0.223 e. The minimum Gasteiger partial charge on any atom is -0.356 e. The summed E-state index contributed by atoms with van der Waals surface area (Å²) in [5.41, 5.74) is 0. The Bertz CT molecular complexity index is 234. The lowest BCUT2D eigenvalue weighted by atomic mass is 10.1. The van der Waals surface area contributed by atoms with Gasteiger partial charge in [0.05, 0.1) is 0 Å². The Hall–Kier alpha value is -0.240. The van der Waals surface area contributed by atoms with Crippen molar-refractivity contribution in [3.8, 4) is 0 Å². The highest BCUT2D eigenvalue weighted by molar-refractivity contribution is 6.17. The summed E-state index contributed by atoms with van der Waals surface area (Å²) in [6, 6.07) is 0. The molecule has 15 heavy (non-hydrogen) atoms. The first-order valence-corrected chi connectivity index (χ1v) is 6.61. The fourth-order valence-corrected chi connectivity index (χ4v) is 3.26. The van der Waals surface area contributed by atoms with Gasteiger partial charge >= 0.3 is 0 Å². The molecular formula is C12H20ClNO. The summed E-state index contributed by atoms with van der Waals surface area (Å²) >= 11 is 5.65. The number of amides is 1. The lowest BCUT2D eigenvalue weighted by Gasteiger charge is -2.11. The van der Waals surface area contributed by atoms with E-state index in [1.807, 2.05) is 0 Å². The first-order valence-electron chi connectivity index (χ1n) is 6.07. The predicted molar refractivity (Wildman–Crippen MR) is 61.8 cm³/mol. The van der Waals surface area contributed by atoms with Gasteiger partial charge in [-0.05, 0) is 37.0 Å². The zero-order chi connectivity index (χ0) is 10.8. The minimum absolute atomic E-state index is 0.297. The molecule has 0 heterocycles. The van der Waals surface area contributed by atoms with Crippen molar-refractivity contribution < 1.29 is 4.79 Å². The highest BCUT2D eigenvalue weighted by Gasteiger charge is 2.56. The molecule has 0 saturated heterocycles. The van der Waals surface area contributed by atoms with Crippen LogP contribution in [0, 0.1) is 23.7 Å². The van der Waals surface area contributed by atoms with Gasteiger partial charge in [-0.1, -0.05) is 13.3 Å². The highest BCUT2D eigenvalue weighted by atomic mass is 35.5. The van der Waals surface area contributed by atoms with Crippen molar-refractivity contribution in [2.24, 2.45) is 23.7 Å². The monoisotopic (exact) mass is 229 g/mol. The second kappa shape index (κ2) is 4.73. The summed E-state index contributed by atoms with van der Waals surface area (Å²) in [5.74, 6) is 3.31. The van der Waals surface area contributed by atoms with Crippen LogP contribution in [0.4, 0.5) is 0 Å². The van der Waals surface area contributed by atoms with E-state index in [0.29, 0.717) is 23.6 Å². The Balaban J connectivity index is 1.66. The van der Waals surface area contributed by atoms with Gasteiger partial charge in [0.2, 0.25) is 5.91 Å². The Morgan fingerprint density at radius 3 is 2.73 bits per heavy atom. The predicted octanol–water partition coefficient (Wildman–Crippen LogP) is 2.41. The fraction of sp³-hybridized carbons (Fsp3) is 0.917. The molecule has 2 fully saturated rings. The van der Waals surface area contributed by atoms with E-state index in [1.54, 1.807) is 0 Å². The van der Waals surface area contributed by atoms with Gasteiger partial charge in [-0.25, -0.2) is 0 Å². The number of hydrogen-bond donors (Lipinski definition) is 1. The lowest BCUT2D eigenvalue weighted by Crippen LogP contribution is -2.30. The van der Waals surface area contributed by atoms with Gasteiger partial charge in [0.1, 0.15) is 0 Å². The van der Waals surface area contributed by atoms with E-state index >= 15 is 0 Å². The number of nitrogens with one attached hydrogen (secondary N) is 1. The largest absolute Gasteiger partial charge is 0.356 e.